The fourth-order valence-corrected chi connectivity index (χ4v) is 2.11. The highest BCUT2D eigenvalue weighted by molar-refractivity contribution is 7.99. The summed E-state index contributed by atoms with van der Waals surface area (Å²) in [6, 6.07) is 17.9. The number of aliphatic hydroxyl groups excluding tert-OH is 1. The molecule has 0 radical (unpaired) electrons. The Morgan fingerprint density at radius 2 is 1.67 bits per heavy atom. The molecule has 0 aromatic heterocycles. The van der Waals surface area contributed by atoms with Gasteiger partial charge in [-0.25, -0.2) is 0 Å². The van der Waals surface area contributed by atoms with E-state index in [4.69, 9.17) is 5.11 Å². The van der Waals surface area contributed by atoms with Gasteiger partial charge in [-0.2, -0.15) is 0 Å². The summed E-state index contributed by atoms with van der Waals surface area (Å²) in [7, 11) is 0. The van der Waals surface area contributed by atoms with Crippen molar-refractivity contribution in [2.75, 3.05) is 5.75 Å². The van der Waals surface area contributed by atoms with Gasteiger partial charge in [0.25, 0.3) is 0 Å². The number of aliphatic hydroxyl groups is 1. The number of hydrogen-bond donors (Lipinski definition) is 1. The molecule has 0 amide bonds. The third-order valence-corrected chi connectivity index (χ3v) is 3.32. The van der Waals surface area contributed by atoms with E-state index in [2.05, 4.69) is 11.8 Å². The Morgan fingerprint density at radius 3 is 2.33 bits per heavy atom. The molecule has 0 heterocycles. The number of thioether (sulfide) groups is 1. The number of hydrogen-bond acceptors (Lipinski definition) is 2. The van der Waals surface area contributed by atoms with Gasteiger partial charge in [-0.15, -0.1) is 11.8 Å². The lowest BCUT2D eigenvalue weighted by Gasteiger charge is -1.99. The van der Waals surface area contributed by atoms with E-state index in [9.17, 15) is 0 Å². The molecular formula is C16H14OS. The van der Waals surface area contributed by atoms with Crippen LogP contribution in [0.2, 0.25) is 0 Å². The molecule has 0 fully saturated rings. The van der Waals surface area contributed by atoms with Gasteiger partial charge in [0.2, 0.25) is 0 Å². The van der Waals surface area contributed by atoms with Crippen molar-refractivity contribution in [3.63, 3.8) is 0 Å². The molecule has 2 aromatic rings. The third kappa shape index (κ3) is 3.96. The Balaban J connectivity index is 1.87. The van der Waals surface area contributed by atoms with E-state index in [1.54, 1.807) is 11.8 Å². The summed E-state index contributed by atoms with van der Waals surface area (Å²) in [5.41, 5.74) is 1.99. The Bertz CT molecular complexity index is 535. The standard InChI is InChI=1S/C16H14OS/c17-13-15-8-10-16(11-9-15)18-12-4-7-14-5-2-1-3-6-14/h1-3,5-6,8-11,17H,12-13H2. The summed E-state index contributed by atoms with van der Waals surface area (Å²) in [5.74, 6) is 7.04. The first-order valence-corrected chi connectivity index (χ1v) is 6.73. The molecule has 1 nitrogen and oxygen atoms in total. The first-order valence-electron chi connectivity index (χ1n) is 5.75. The van der Waals surface area contributed by atoms with Crippen LogP contribution in [0.4, 0.5) is 0 Å². The van der Waals surface area contributed by atoms with Crippen LogP contribution in [0.15, 0.2) is 59.5 Å². The molecule has 2 heteroatoms. The molecular weight excluding hydrogens is 240 g/mol. The van der Waals surface area contributed by atoms with E-state index >= 15 is 0 Å². The Labute approximate surface area is 112 Å². The molecule has 18 heavy (non-hydrogen) atoms. The van der Waals surface area contributed by atoms with Crippen LogP contribution >= 0.6 is 11.8 Å². The zero-order valence-electron chi connectivity index (χ0n) is 9.97. The fraction of sp³-hybridized carbons (Fsp3) is 0.125. The minimum absolute atomic E-state index is 0.0960. The van der Waals surface area contributed by atoms with E-state index in [-0.39, 0.29) is 6.61 Å². The maximum Gasteiger partial charge on any atom is 0.0681 e. The van der Waals surface area contributed by atoms with Crippen LogP contribution in [0.1, 0.15) is 11.1 Å². The van der Waals surface area contributed by atoms with E-state index < -0.39 is 0 Å². The molecule has 0 saturated heterocycles. The maximum atomic E-state index is 8.94. The molecule has 0 unspecified atom stereocenters. The highest BCUT2D eigenvalue weighted by Crippen LogP contribution is 2.17. The molecule has 0 aliphatic carbocycles. The molecule has 0 spiro atoms. The van der Waals surface area contributed by atoms with Crippen LogP contribution in [0.5, 0.6) is 0 Å². The first kappa shape index (κ1) is 12.8. The summed E-state index contributed by atoms with van der Waals surface area (Å²) in [6.45, 7) is 0.0960. The highest BCUT2D eigenvalue weighted by atomic mass is 32.2. The van der Waals surface area contributed by atoms with Crippen LogP contribution in [0.3, 0.4) is 0 Å². The molecule has 0 atom stereocenters. The highest BCUT2D eigenvalue weighted by Gasteiger charge is 1.93. The van der Waals surface area contributed by atoms with Crippen LogP contribution < -0.4 is 0 Å². The van der Waals surface area contributed by atoms with Crippen molar-refractivity contribution in [3.05, 3.63) is 65.7 Å². The third-order valence-electron chi connectivity index (χ3n) is 2.42. The van der Waals surface area contributed by atoms with Crippen molar-refractivity contribution < 1.29 is 5.11 Å². The molecule has 2 rings (SSSR count). The predicted octanol–water partition coefficient (Wildman–Crippen LogP) is 3.32. The molecule has 0 aliphatic rings. The Hall–Kier alpha value is -1.69. The zero-order chi connectivity index (χ0) is 12.6. The quantitative estimate of drug-likeness (QED) is 0.670. The minimum atomic E-state index is 0.0960. The Kier molecular flexibility index (Phi) is 4.89. The lowest BCUT2D eigenvalue weighted by molar-refractivity contribution is 0.282. The minimum Gasteiger partial charge on any atom is -0.392 e. The average Bonchev–Trinajstić information content (AvgIpc) is 2.45. The molecule has 0 saturated carbocycles. The van der Waals surface area contributed by atoms with Gasteiger partial charge in [0.15, 0.2) is 0 Å². The van der Waals surface area contributed by atoms with Gasteiger partial charge >= 0.3 is 0 Å². The van der Waals surface area contributed by atoms with Gasteiger partial charge < -0.3 is 5.11 Å². The van der Waals surface area contributed by atoms with E-state index in [0.717, 1.165) is 16.9 Å². The topological polar surface area (TPSA) is 20.2 Å². The second-order valence-electron chi connectivity index (χ2n) is 3.76. The van der Waals surface area contributed by atoms with Gasteiger partial charge in [-0.05, 0) is 29.8 Å². The second-order valence-corrected chi connectivity index (χ2v) is 4.81. The maximum absolute atomic E-state index is 8.94. The van der Waals surface area contributed by atoms with Crippen LogP contribution in [0, 0.1) is 11.8 Å². The fourth-order valence-electron chi connectivity index (χ4n) is 1.47. The van der Waals surface area contributed by atoms with Crippen molar-refractivity contribution in [1.29, 1.82) is 0 Å². The normalized spacial score (nSPS) is 9.61. The molecule has 90 valence electrons. The number of rotatable bonds is 3. The smallest absolute Gasteiger partial charge is 0.0681 e. The predicted molar refractivity (Wildman–Crippen MR) is 76.4 cm³/mol. The summed E-state index contributed by atoms with van der Waals surface area (Å²) in [5, 5.41) is 8.94. The van der Waals surface area contributed by atoms with Gasteiger partial charge in [0.1, 0.15) is 0 Å². The van der Waals surface area contributed by atoms with Crippen molar-refractivity contribution in [1.82, 2.24) is 0 Å². The van der Waals surface area contributed by atoms with Crippen LogP contribution in [-0.2, 0) is 6.61 Å². The molecule has 0 bridgehead atoms. The van der Waals surface area contributed by atoms with Gasteiger partial charge in [-0.3, -0.25) is 0 Å². The first-order chi connectivity index (χ1) is 8.88. The Morgan fingerprint density at radius 1 is 0.944 bits per heavy atom. The van der Waals surface area contributed by atoms with E-state index in [0.29, 0.717) is 0 Å². The van der Waals surface area contributed by atoms with Crippen molar-refractivity contribution >= 4 is 11.8 Å². The summed E-state index contributed by atoms with van der Waals surface area (Å²) in [6.07, 6.45) is 0. The van der Waals surface area contributed by atoms with E-state index in [1.807, 2.05) is 54.6 Å². The monoisotopic (exact) mass is 254 g/mol. The lowest BCUT2D eigenvalue weighted by Crippen LogP contribution is -1.82. The average molecular weight is 254 g/mol. The van der Waals surface area contributed by atoms with Crippen molar-refractivity contribution in [2.45, 2.75) is 11.5 Å². The SMILES string of the molecule is OCc1ccc(SCC#Cc2ccccc2)cc1. The largest absolute Gasteiger partial charge is 0.392 e. The second kappa shape index (κ2) is 6.90. The van der Waals surface area contributed by atoms with Gasteiger partial charge in [0, 0.05) is 10.5 Å². The zero-order valence-corrected chi connectivity index (χ0v) is 10.8. The molecule has 1 N–H and O–H groups in total. The molecule has 2 aromatic carbocycles. The molecule has 0 aliphatic heterocycles. The van der Waals surface area contributed by atoms with Gasteiger partial charge in [-0.1, -0.05) is 42.2 Å². The number of benzene rings is 2. The van der Waals surface area contributed by atoms with Crippen LogP contribution in [0.25, 0.3) is 0 Å². The summed E-state index contributed by atoms with van der Waals surface area (Å²) in [4.78, 5) is 1.18. The van der Waals surface area contributed by atoms with Crippen molar-refractivity contribution in [2.24, 2.45) is 0 Å². The summed E-state index contributed by atoms with van der Waals surface area (Å²) >= 11 is 1.70. The summed E-state index contributed by atoms with van der Waals surface area (Å²) < 4.78 is 0. The van der Waals surface area contributed by atoms with Crippen LogP contribution in [-0.4, -0.2) is 10.9 Å². The van der Waals surface area contributed by atoms with E-state index in [1.165, 1.54) is 4.90 Å². The lowest BCUT2D eigenvalue weighted by atomic mass is 10.2. The van der Waals surface area contributed by atoms with Gasteiger partial charge in [0.05, 0.1) is 12.4 Å². The van der Waals surface area contributed by atoms with Crippen molar-refractivity contribution in [3.8, 4) is 11.8 Å².